The average molecular weight is 374 g/mol. The van der Waals surface area contributed by atoms with Gasteiger partial charge in [-0.25, -0.2) is 0 Å². The molecule has 0 fully saturated rings. The molecule has 1 rings (SSSR count). The summed E-state index contributed by atoms with van der Waals surface area (Å²) < 4.78 is 7.67. The molecule has 1 nitrogen and oxygen atoms in total. The molecule has 0 aliphatic carbocycles. The van der Waals surface area contributed by atoms with E-state index in [0.29, 0.717) is 11.1 Å². The van der Waals surface area contributed by atoms with E-state index in [-0.39, 0.29) is 0 Å². The second-order valence-corrected chi connectivity index (χ2v) is 12.2. The lowest BCUT2D eigenvalue weighted by molar-refractivity contribution is 0.506. The summed E-state index contributed by atoms with van der Waals surface area (Å²) in [5.41, 5.74) is 2.31. The van der Waals surface area contributed by atoms with Crippen molar-refractivity contribution in [2.45, 2.75) is 38.8 Å². The summed E-state index contributed by atoms with van der Waals surface area (Å²) >= 11 is 2.49. The van der Waals surface area contributed by atoms with Crippen molar-refractivity contribution < 1.29 is 4.43 Å². The minimum Gasteiger partial charge on any atom is -0.542 e. The van der Waals surface area contributed by atoms with Crippen molar-refractivity contribution in [3.63, 3.8) is 0 Å². The maximum Gasteiger partial charge on any atom is 0.265 e. The van der Waals surface area contributed by atoms with Gasteiger partial charge >= 0.3 is 0 Å². The van der Waals surface area contributed by atoms with E-state index in [2.05, 4.69) is 69.0 Å². The molecule has 0 atom stereocenters. The van der Waals surface area contributed by atoms with E-state index in [9.17, 15) is 0 Å². The van der Waals surface area contributed by atoms with Gasteiger partial charge in [0.05, 0.1) is 0 Å². The molecule has 0 aliphatic rings. The molecule has 0 aliphatic heterocycles. The van der Waals surface area contributed by atoms with Gasteiger partial charge in [0.1, 0.15) is 5.75 Å². The summed E-state index contributed by atoms with van der Waals surface area (Å²) in [6.45, 7) is 13.0. The molecule has 0 saturated carbocycles. The number of hydrogen-bond acceptors (Lipinski definition) is 1. The van der Waals surface area contributed by atoms with Crippen molar-refractivity contribution >= 4 is 37.0 Å². The van der Waals surface area contributed by atoms with E-state index in [1.165, 1.54) is 0 Å². The van der Waals surface area contributed by atoms with Crippen LogP contribution in [0.1, 0.15) is 33.3 Å². The average Bonchev–Trinajstić information content (AvgIpc) is 2.35. The molecule has 3 heteroatoms. The van der Waals surface area contributed by atoms with Crippen molar-refractivity contribution in [3.05, 3.63) is 36.4 Å². The molecular weight excluding hydrogens is 351 g/mol. The number of hydrogen-bond donors (Lipinski definition) is 0. The van der Waals surface area contributed by atoms with Crippen LogP contribution in [0.25, 0.3) is 6.08 Å². The number of halogens is 1. The maximum absolute atomic E-state index is 6.56. The van der Waals surface area contributed by atoms with Gasteiger partial charge in [0, 0.05) is 9.61 Å². The molecule has 1 aromatic carbocycles. The van der Waals surface area contributed by atoms with Crippen LogP contribution < -0.4 is 4.43 Å². The fourth-order valence-electron chi connectivity index (χ4n) is 2.19. The molecule has 0 heterocycles. The minimum absolute atomic E-state index is 0.604. The highest BCUT2D eigenvalue weighted by Crippen LogP contribution is 2.37. The highest BCUT2D eigenvalue weighted by molar-refractivity contribution is 14.1. The second kappa shape index (κ2) is 6.75. The Labute approximate surface area is 126 Å². The first-order valence-corrected chi connectivity index (χ1v) is 10.2. The minimum atomic E-state index is -1.77. The van der Waals surface area contributed by atoms with Gasteiger partial charge in [0.25, 0.3) is 8.32 Å². The standard InChI is InChI=1S/C15H23IOSi/c1-6-14-9-7-8-10-15(14)17-18(11-16,12(2)3)13(4)5/h6-10,12-13H,1,11H2,2-5H3. The molecule has 0 bridgehead atoms. The lowest BCUT2D eigenvalue weighted by atomic mass is 10.2. The molecule has 100 valence electrons. The Balaban J connectivity index is 3.14. The SMILES string of the molecule is C=Cc1ccccc1O[Si](CI)(C(C)C)C(C)C. The van der Waals surface area contributed by atoms with Crippen LogP contribution in [-0.4, -0.2) is 12.4 Å². The maximum atomic E-state index is 6.56. The van der Waals surface area contributed by atoms with Crippen LogP contribution >= 0.6 is 22.6 Å². The Bertz CT molecular complexity index is 393. The summed E-state index contributed by atoms with van der Waals surface area (Å²) in [6, 6.07) is 8.20. The van der Waals surface area contributed by atoms with Crippen LogP contribution in [0.15, 0.2) is 30.8 Å². The largest absolute Gasteiger partial charge is 0.542 e. The van der Waals surface area contributed by atoms with Gasteiger partial charge in [0.15, 0.2) is 0 Å². The molecule has 0 radical (unpaired) electrons. The predicted molar refractivity (Wildman–Crippen MR) is 92.0 cm³/mol. The van der Waals surface area contributed by atoms with Crippen molar-refractivity contribution in [2.24, 2.45) is 0 Å². The van der Waals surface area contributed by atoms with Crippen LogP contribution in [0, 0.1) is 0 Å². The Morgan fingerprint density at radius 2 is 1.78 bits per heavy atom. The summed E-state index contributed by atoms with van der Waals surface area (Å²) in [5, 5.41) is 0. The van der Waals surface area contributed by atoms with Crippen LogP contribution in [0.3, 0.4) is 0 Å². The molecule has 1 aromatic rings. The summed E-state index contributed by atoms with van der Waals surface area (Å²) in [7, 11) is -1.77. The molecule has 0 aromatic heterocycles. The van der Waals surface area contributed by atoms with E-state index in [1.807, 2.05) is 18.2 Å². The quantitative estimate of drug-likeness (QED) is 0.366. The summed E-state index contributed by atoms with van der Waals surface area (Å²) in [6.07, 6.45) is 1.88. The van der Waals surface area contributed by atoms with Gasteiger partial charge in [-0.2, -0.15) is 0 Å². The molecule has 0 N–H and O–H groups in total. The van der Waals surface area contributed by atoms with Gasteiger partial charge < -0.3 is 4.43 Å². The Morgan fingerprint density at radius 1 is 1.22 bits per heavy atom. The Hall–Kier alpha value is -0.293. The normalized spacial score (nSPS) is 11.9. The number of para-hydroxylation sites is 1. The third-order valence-corrected chi connectivity index (χ3v) is 12.1. The van der Waals surface area contributed by atoms with Gasteiger partial charge in [-0.3, -0.25) is 0 Å². The highest BCUT2D eigenvalue weighted by atomic mass is 127. The predicted octanol–water partition coefficient (Wildman–Crippen LogP) is 5.45. The zero-order valence-electron chi connectivity index (χ0n) is 11.7. The van der Waals surface area contributed by atoms with Gasteiger partial charge in [0.2, 0.25) is 0 Å². The molecule has 18 heavy (non-hydrogen) atoms. The lowest BCUT2D eigenvalue weighted by Gasteiger charge is -2.38. The van der Waals surface area contributed by atoms with E-state index in [1.54, 1.807) is 0 Å². The van der Waals surface area contributed by atoms with Crippen LogP contribution in [0.4, 0.5) is 0 Å². The second-order valence-electron chi connectivity index (χ2n) is 5.24. The van der Waals surface area contributed by atoms with Crippen LogP contribution in [0.2, 0.25) is 11.1 Å². The third kappa shape index (κ3) is 3.18. The van der Waals surface area contributed by atoms with E-state index in [4.69, 9.17) is 4.43 Å². The number of benzene rings is 1. The van der Waals surface area contributed by atoms with Gasteiger partial charge in [-0.05, 0) is 17.1 Å². The molecule has 0 unspecified atom stereocenters. The van der Waals surface area contributed by atoms with Gasteiger partial charge in [-0.1, -0.05) is 81.1 Å². The zero-order valence-corrected chi connectivity index (χ0v) is 14.9. The van der Waals surface area contributed by atoms with Crippen LogP contribution in [-0.2, 0) is 0 Å². The molecule has 0 saturated heterocycles. The molecule has 0 amide bonds. The summed E-state index contributed by atoms with van der Waals surface area (Å²) in [4.78, 5) is 0. The van der Waals surface area contributed by atoms with Crippen molar-refractivity contribution in [2.75, 3.05) is 4.05 Å². The smallest absolute Gasteiger partial charge is 0.265 e. The van der Waals surface area contributed by atoms with Crippen LogP contribution in [0.5, 0.6) is 5.75 Å². The third-order valence-electron chi connectivity index (χ3n) is 3.60. The fraction of sp³-hybridized carbons (Fsp3) is 0.467. The lowest BCUT2D eigenvalue weighted by Crippen LogP contribution is -2.50. The van der Waals surface area contributed by atoms with E-state index in [0.717, 1.165) is 15.4 Å². The first kappa shape index (κ1) is 15.8. The number of rotatable bonds is 6. The summed E-state index contributed by atoms with van der Waals surface area (Å²) in [5.74, 6) is 0.998. The number of alkyl halides is 1. The van der Waals surface area contributed by atoms with Crippen molar-refractivity contribution in [3.8, 4) is 5.75 Å². The molecular formula is C15H23IOSi. The zero-order chi connectivity index (χ0) is 13.8. The van der Waals surface area contributed by atoms with Gasteiger partial charge in [-0.15, -0.1) is 0 Å². The van der Waals surface area contributed by atoms with Crippen molar-refractivity contribution in [1.29, 1.82) is 0 Å². The topological polar surface area (TPSA) is 9.23 Å². The first-order chi connectivity index (χ1) is 8.47. The highest BCUT2D eigenvalue weighted by Gasteiger charge is 2.43. The Kier molecular flexibility index (Phi) is 5.91. The monoisotopic (exact) mass is 374 g/mol. The first-order valence-electron chi connectivity index (χ1n) is 6.44. The molecule has 0 spiro atoms. The van der Waals surface area contributed by atoms with E-state index >= 15 is 0 Å². The Morgan fingerprint density at radius 3 is 2.22 bits per heavy atom. The fourth-order valence-corrected chi connectivity index (χ4v) is 11.0. The van der Waals surface area contributed by atoms with Crippen molar-refractivity contribution in [1.82, 2.24) is 0 Å². The van der Waals surface area contributed by atoms with E-state index < -0.39 is 8.32 Å².